The molecule has 4 heteroatoms. The summed E-state index contributed by atoms with van der Waals surface area (Å²) >= 11 is 0. The number of esters is 1. The van der Waals surface area contributed by atoms with Gasteiger partial charge >= 0.3 is 5.97 Å². The molecule has 19 heavy (non-hydrogen) atoms. The van der Waals surface area contributed by atoms with E-state index >= 15 is 0 Å². The normalized spacial score (nSPS) is 21.1. The van der Waals surface area contributed by atoms with Gasteiger partial charge in [-0.15, -0.1) is 0 Å². The molecule has 1 heterocycles. The van der Waals surface area contributed by atoms with Crippen LogP contribution in [0, 0.1) is 5.92 Å². The predicted octanol–water partition coefficient (Wildman–Crippen LogP) is 2.47. The average Bonchev–Trinajstić information content (AvgIpc) is 2.69. The first-order chi connectivity index (χ1) is 8.79. The average molecular weight is 271 g/mol. The summed E-state index contributed by atoms with van der Waals surface area (Å²) in [6, 6.07) is -0.0816. The van der Waals surface area contributed by atoms with Crippen molar-refractivity contribution < 1.29 is 14.3 Å². The predicted molar refractivity (Wildman–Crippen MR) is 76.1 cm³/mol. The van der Waals surface area contributed by atoms with Crippen LogP contribution in [0.4, 0.5) is 0 Å². The Balaban J connectivity index is 2.35. The molecule has 1 rings (SSSR count). The van der Waals surface area contributed by atoms with Crippen LogP contribution in [0.25, 0.3) is 0 Å². The Hall–Kier alpha value is -0.610. The number of ether oxygens (including phenoxy) is 2. The molecule has 0 aromatic carbocycles. The highest BCUT2D eigenvalue weighted by Crippen LogP contribution is 2.20. The van der Waals surface area contributed by atoms with E-state index in [0.29, 0.717) is 12.5 Å². The van der Waals surface area contributed by atoms with Crippen LogP contribution in [0.15, 0.2) is 0 Å². The molecule has 0 aromatic rings. The second kappa shape index (κ2) is 7.25. The summed E-state index contributed by atoms with van der Waals surface area (Å²) in [6.45, 7) is 13.3. The maximum Gasteiger partial charge on any atom is 0.323 e. The van der Waals surface area contributed by atoms with E-state index in [1.54, 1.807) is 0 Å². The van der Waals surface area contributed by atoms with E-state index < -0.39 is 5.60 Å². The van der Waals surface area contributed by atoms with Gasteiger partial charge in [-0.05, 0) is 46.1 Å². The summed E-state index contributed by atoms with van der Waals surface area (Å²) in [7, 11) is 0. The van der Waals surface area contributed by atoms with Gasteiger partial charge in [-0.2, -0.15) is 0 Å². The highest BCUT2D eigenvalue weighted by atomic mass is 16.6. The minimum absolute atomic E-state index is 0.0816. The summed E-state index contributed by atoms with van der Waals surface area (Å²) < 4.78 is 11.1. The molecule has 0 N–H and O–H groups in total. The minimum Gasteiger partial charge on any atom is -0.459 e. The van der Waals surface area contributed by atoms with Crippen molar-refractivity contribution in [2.24, 2.45) is 5.92 Å². The van der Waals surface area contributed by atoms with Crippen LogP contribution in [0.2, 0.25) is 0 Å². The Bertz CT molecular complexity index is 284. The molecule has 0 amide bonds. The van der Waals surface area contributed by atoms with E-state index in [1.807, 2.05) is 20.8 Å². The van der Waals surface area contributed by atoms with Crippen molar-refractivity contribution in [3.63, 3.8) is 0 Å². The van der Waals surface area contributed by atoms with E-state index in [0.717, 1.165) is 32.5 Å². The molecule has 0 bridgehead atoms. The summed E-state index contributed by atoms with van der Waals surface area (Å²) in [5, 5.41) is 0. The maximum atomic E-state index is 12.1. The molecule has 0 spiro atoms. The molecule has 1 aliphatic rings. The Morgan fingerprint density at radius 2 is 2.05 bits per heavy atom. The van der Waals surface area contributed by atoms with Gasteiger partial charge in [0.25, 0.3) is 0 Å². The highest BCUT2D eigenvalue weighted by molar-refractivity contribution is 5.76. The number of likely N-dealkylation sites (tertiary alicyclic amines) is 1. The van der Waals surface area contributed by atoms with E-state index in [-0.39, 0.29) is 12.0 Å². The van der Waals surface area contributed by atoms with Gasteiger partial charge in [0, 0.05) is 13.2 Å². The van der Waals surface area contributed by atoms with Gasteiger partial charge in [-0.1, -0.05) is 13.8 Å². The third kappa shape index (κ3) is 6.39. The van der Waals surface area contributed by atoms with E-state index in [1.165, 1.54) is 0 Å². The van der Waals surface area contributed by atoms with Crippen LogP contribution in [0.1, 0.15) is 47.5 Å². The van der Waals surface area contributed by atoms with Crippen molar-refractivity contribution >= 4 is 5.97 Å². The van der Waals surface area contributed by atoms with Crippen molar-refractivity contribution in [3.8, 4) is 0 Å². The molecule has 112 valence electrons. The van der Waals surface area contributed by atoms with Crippen molar-refractivity contribution in [1.29, 1.82) is 0 Å². The molecule has 0 radical (unpaired) electrons. The van der Waals surface area contributed by atoms with Gasteiger partial charge < -0.3 is 9.47 Å². The molecule has 0 aliphatic carbocycles. The zero-order valence-corrected chi connectivity index (χ0v) is 13.1. The second-order valence-electron chi connectivity index (χ2n) is 6.70. The molecular weight excluding hydrogens is 242 g/mol. The monoisotopic (exact) mass is 271 g/mol. The number of rotatable bonds is 6. The number of hydrogen-bond acceptors (Lipinski definition) is 4. The maximum absolute atomic E-state index is 12.1. The van der Waals surface area contributed by atoms with Crippen LogP contribution < -0.4 is 0 Å². The molecular formula is C15H29NO3. The zero-order valence-electron chi connectivity index (χ0n) is 13.1. The summed E-state index contributed by atoms with van der Waals surface area (Å²) in [6.07, 6.45) is 1.97. The van der Waals surface area contributed by atoms with E-state index in [2.05, 4.69) is 18.7 Å². The van der Waals surface area contributed by atoms with E-state index in [4.69, 9.17) is 9.47 Å². The topological polar surface area (TPSA) is 38.8 Å². The second-order valence-corrected chi connectivity index (χ2v) is 6.70. The fourth-order valence-electron chi connectivity index (χ4n) is 2.23. The first-order valence-corrected chi connectivity index (χ1v) is 7.34. The summed E-state index contributed by atoms with van der Waals surface area (Å²) in [4.78, 5) is 14.3. The number of carbonyl (C=O) groups excluding carboxylic acids is 1. The summed E-state index contributed by atoms with van der Waals surface area (Å²) in [5.41, 5.74) is -0.403. The van der Waals surface area contributed by atoms with Crippen LogP contribution in [0.3, 0.4) is 0 Å². The van der Waals surface area contributed by atoms with Gasteiger partial charge in [0.15, 0.2) is 0 Å². The number of hydrogen-bond donors (Lipinski definition) is 0. The molecule has 1 fully saturated rings. The largest absolute Gasteiger partial charge is 0.459 e. The van der Waals surface area contributed by atoms with Gasteiger partial charge in [0.05, 0.1) is 6.61 Å². The zero-order chi connectivity index (χ0) is 14.5. The molecule has 0 unspecified atom stereocenters. The minimum atomic E-state index is -0.403. The first-order valence-electron chi connectivity index (χ1n) is 7.34. The van der Waals surface area contributed by atoms with Gasteiger partial charge in [0.2, 0.25) is 0 Å². The molecule has 0 aromatic heterocycles. The van der Waals surface area contributed by atoms with Crippen LogP contribution >= 0.6 is 0 Å². The van der Waals surface area contributed by atoms with Crippen LogP contribution in [-0.4, -0.2) is 48.8 Å². The Labute approximate surface area is 117 Å². The van der Waals surface area contributed by atoms with Crippen molar-refractivity contribution in [3.05, 3.63) is 0 Å². The Morgan fingerprint density at radius 1 is 1.37 bits per heavy atom. The van der Waals surface area contributed by atoms with Gasteiger partial charge in [-0.3, -0.25) is 9.69 Å². The standard InChI is InChI=1S/C15H29NO3/c1-12(2)11-18-10-9-16-8-6-7-13(16)14(17)19-15(3,4)5/h12-13H,6-11H2,1-5H3/t13-/m1/s1. The third-order valence-electron chi connectivity index (χ3n) is 3.02. The highest BCUT2D eigenvalue weighted by Gasteiger charge is 2.33. The molecule has 1 saturated heterocycles. The first kappa shape index (κ1) is 16.4. The lowest BCUT2D eigenvalue weighted by atomic mass is 10.1. The van der Waals surface area contributed by atoms with Gasteiger partial charge in [0.1, 0.15) is 11.6 Å². The fourth-order valence-corrected chi connectivity index (χ4v) is 2.23. The van der Waals surface area contributed by atoms with Crippen LogP contribution in [0.5, 0.6) is 0 Å². The number of carbonyl (C=O) groups is 1. The molecule has 4 nitrogen and oxygen atoms in total. The SMILES string of the molecule is CC(C)COCCN1CCC[C@@H]1C(=O)OC(C)(C)C. The summed E-state index contributed by atoms with van der Waals surface area (Å²) in [5.74, 6) is 0.467. The lowest BCUT2D eigenvalue weighted by Crippen LogP contribution is -2.41. The van der Waals surface area contributed by atoms with Crippen LogP contribution in [-0.2, 0) is 14.3 Å². The fraction of sp³-hybridized carbons (Fsp3) is 0.933. The quantitative estimate of drug-likeness (QED) is 0.549. The lowest BCUT2D eigenvalue weighted by Gasteiger charge is -2.27. The lowest BCUT2D eigenvalue weighted by molar-refractivity contribution is -0.160. The number of nitrogens with zero attached hydrogens (tertiary/aromatic N) is 1. The van der Waals surface area contributed by atoms with Crippen molar-refractivity contribution in [2.75, 3.05) is 26.3 Å². The van der Waals surface area contributed by atoms with Crippen molar-refractivity contribution in [2.45, 2.75) is 59.1 Å². The smallest absolute Gasteiger partial charge is 0.323 e. The molecule has 1 aliphatic heterocycles. The van der Waals surface area contributed by atoms with Crippen molar-refractivity contribution in [1.82, 2.24) is 4.90 Å². The Kier molecular flexibility index (Phi) is 6.27. The Morgan fingerprint density at radius 3 is 2.63 bits per heavy atom. The van der Waals surface area contributed by atoms with Gasteiger partial charge in [-0.25, -0.2) is 0 Å². The molecule has 1 atom stereocenters. The third-order valence-corrected chi connectivity index (χ3v) is 3.02. The van der Waals surface area contributed by atoms with E-state index in [9.17, 15) is 4.79 Å². The molecule has 0 saturated carbocycles.